The standard InChI is InChI=1S/C38H40N4O7/c1-41(20-18-30-9-5-6-19-39-30)23-32-21-34(28-12-10-26(24-43)11-13-28)49-37(48-32)29-14-16-31(17-15-29)42-35(44)22-33(36(42)45)40-38(46)47-25-27-7-3-2-4-8-27/h2-17,19,32-34,37,43H,18,20-25H2,1H3,(H,40,46). The van der Waals surface area contributed by atoms with Crippen molar-refractivity contribution in [2.75, 3.05) is 25.0 Å². The van der Waals surface area contributed by atoms with Gasteiger partial charge in [-0.2, -0.15) is 0 Å². The maximum atomic E-state index is 13.2. The van der Waals surface area contributed by atoms with E-state index < -0.39 is 30.2 Å². The predicted octanol–water partition coefficient (Wildman–Crippen LogP) is 4.85. The third-order valence-corrected chi connectivity index (χ3v) is 8.68. The lowest BCUT2D eigenvalue weighted by Crippen LogP contribution is -2.42. The third-order valence-electron chi connectivity index (χ3n) is 8.68. The van der Waals surface area contributed by atoms with E-state index in [1.165, 1.54) is 0 Å². The van der Waals surface area contributed by atoms with Crippen LogP contribution in [0.15, 0.2) is 103 Å². The molecule has 49 heavy (non-hydrogen) atoms. The molecule has 4 unspecified atom stereocenters. The molecule has 3 amide bonds. The molecular formula is C38H40N4O7. The fraction of sp³-hybridized carbons (Fsp3) is 0.316. The molecule has 6 rings (SSSR count). The Kier molecular flexibility index (Phi) is 11.1. The molecule has 2 aliphatic rings. The van der Waals surface area contributed by atoms with Gasteiger partial charge in [0.1, 0.15) is 12.6 Å². The van der Waals surface area contributed by atoms with E-state index in [1.54, 1.807) is 30.5 Å². The van der Waals surface area contributed by atoms with E-state index in [2.05, 4.69) is 22.2 Å². The van der Waals surface area contributed by atoms with Gasteiger partial charge in [0.2, 0.25) is 5.91 Å². The van der Waals surface area contributed by atoms with Crippen molar-refractivity contribution in [3.05, 3.63) is 131 Å². The quantitative estimate of drug-likeness (QED) is 0.204. The van der Waals surface area contributed by atoms with Crippen LogP contribution < -0.4 is 10.2 Å². The van der Waals surface area contributed by atoms with Gasteiger partial charge in [-0.05, 0) is 48.0 Å². The minimum atomic E-state index is -1.02. The summed E-state index contributed by atoms with van der Waals surface area (Å²) in [4.78, 5) is 46.2. The third kappa shape index (κ3) is 8.76. The first kappa shape index (κ1) is 33.9. The topological polar surface area (TPSA) is 131 Å². The number of benzene rings is 3. The molecule has 4 aromatic rings. The number of likely N-dealkylation sites (N-methyl/N-ethyl adjacent to an activating group) is 1. The normalized spacial score (nSPS) is 20.8. The number of nitrogens with one attached hydrogen (secondary N) is 1. The summed E-state index contributed by atoms with van der Waals surface area (Å²) in [5.74, 6) is -0.948. The average molecular weight is 665 g/mol. The number of aliphatic hydroxyl groups excluding tert-OH is 1. The van der Waals surface area contributed by atoms with Gasteiger partial charge in [0.05, 0.1) is 30.9 Å². The maximum absolute atomic E-state index is 13.2. The lowest BCUT2D eigenvalue weighted by Gasteiger charge is -2.38. The molecule has 3 aromatic carbocycles. The molecule has 3 heterocycles. The van der Waals surface area contributed by atoms with E-state index in [1.807, 2.05) is 72.8 Å². The van der Waals surface area contributed by atoms with Gasteiger partial charge >= 0.3 is 6.09 Å². The molecule has 254 valence electrons. The Morgan fingerprint density at radius 1 is 0.939 bits per heavy atom. The van der Waals surface area contributed by atoms with Gasteiger partial charge in [0, 0.05) is 43.4 Å². The number of alkyl carbamates (subject to hydrolysis) is 1. The fourth-order valence-corrected chi connectivity index (χ4v) is 6.03. The molecular weight excluding hydrogens is 624 g/mol. The van der Waals surface area contributed by atoms with Crippen LogP contribution >= 0.6 is 0 Å². The van der Waals surface area contributed by atoms with E-state index >= 15 is 0 Å². The highest BCUT2D eigenvalue weighted by Crippen LogP contribution is 2.38. The Hall–Kier alpha value is -4.94. The van der Waals surface area contributed by atoms with Gasteiger partial charge < -0.3 is 29.5 Å². The van der Waals surface area contributed by atoms with Crippen LogP contribution in [0.4, 0.5) is 10.5 Å². The molecule has 0 spiro atoms. The first-order chi connectivity index (χ1) is 23.9. The van der Waals surface area contributed by atoms with Crippen LogP contribution in [0.1, 0.15) is 53.2 Å². The summed E-state index contributed by atoms with van der Waals surface area (Å²) < 4.78 is 18.2. The van der Waals surface area contributed by atoms with Crippen LogP contribution in [-0.2, 0) is 43.4 Å². The number of amides is 3. The Labute approximate surface area is 285 Å². The van der Waals surface area contributed by atoms with Crippen molar-refractivity contribution in [1.82, 2.24) is 15.2 Å². The van der Waals surface area contributed by atoms with Crippen molar-refractivity contribution in [2.24, 2.45) is 0 Å². The zero-order valence-electron chi connectivity index (χ0n) is 27.3. The van der Waals surface area contributed by atoms with Gasteiger partial charge in [-0.1, -0.05) is 72.8 Å². The average Bonchev–Trinajstić information content (AvgIpc) is 3.42. The Balaban J connectivity index is 1.11. The van der Waals surface area contributed by atoms with E-state index in [0.29, 0.717) is 18.7 Å². The first-order valence-corrected chi connectivity index (χ1v) is 16.4. The van der Waals surface area contributed by atoms with Gasteiger partial charge in [0.25, 0.3) is 5.91 Å². The molecule has 1 aromatic heterocycles. The number of aliphatic hydroxyl groups is 1. The molecule has 2 fully saturated rings. The Bertz CT molecular complexity index is 1700. The van der Waals surface area contributed by atoms with Crippen LogP contribution in [0.3, 0.4) is 0 Å². The van der Waals surface area contributed by atoms with E-state index in [0.717, 1.165) is 45.8 Å². The highest BCUT2D eigenvalue weighted by Gasteiger charge is 2.41. The van der Waals surface area contributed by atoms with Gasteiger partial charge in [-0.25, -0.2) is 9.69 Å². The molecule has 0 bridgehead atoms. The second-order valence-corrected chi connectivity index (χ2v) is 12.3. The molecule has 4 atom stereocenters. The van der Waals surface area contributed by atoms with Crippen LogP contribution in [0.25, 0.3) is 0 Å². The molecule has 11 heteroatoms. The van der Waals surface area contributed by atoms with E-state index in [-0.39, 0.29) is 31.8 Å². The molecule has 11 nitrogen and oxygen atoms in total. The lowest BCUT2D eigenvalue weighted by molar-refractivity contribution is -0.252. The molecule has 0 aliphatic carbocycles. The van der Waals surface area contributed by atoms with Crippen molar-refractivity contribution in [2.45, 2.75) is 57.0 Å². The van der Waals surface area contributed by atoms with Crippen molar-refractivity contribution in [1.29, 1.82) is 0 Å². The fourth-order valence-electron chi connectivity index (χ4n) is 6.03. The summed E-state index contributed by atoms with van der Waals surface area (Å²) >= 11 is 0. The lowest BCUT2D eigenvalue weighted by atomic mass is 9.99. The van der Waals surface area contributed by atoms with Crippen molar-refractivity contribution >= 4 is 23.6 Å². The number of carbonyl (C=O) groups is 3. The summed E-state index contributed by atoms with van der Waals surface area (Å²) in [5.41, 5.74) is 4.77. The smallest absolute Gasteiger partial charge is 0.408 e. The highest BCUT2D eigenvalue weighted by molar-refractivity contribution is 6.22. The number of hydrogen-bond donors (Lipinski definition) is 2. The van der Waals surface area contributed by atoms with E-state index in [4.69, 9.17) is 14.2 Å². The molecule has 2 saturated heterocycles. The van der Waals surface area contributed by atoms with Crippen LogP contribution in [0.2, 0.25) is 0 Å². The zero-order chi connectivity index (χ0) is 34.2. The summed E-state index contributed by atoms with van der Waals surface area (Å²) in [6.07, 6.45) is 1.22. The number of rotatable bonds is 12. The van der Waals surface area contributed by atoms with Gasteiger partial charge in [-0.15, -0.1) is 0 Å². The van der Waals surface area contributed by atoms with Crippen molar-refractivity contribution in [3.63, 3.8) is 0 Å². The SMILES string of the molecule is CN(CCc1ccccn1)CC1CC(c2ccc(CO)cc2)OC(c2ccc(N3C(=O)CC(NC(=O)OCc4ccccc4)C3=O)cc2)O1. The van der Waals surface area contributed by atoms with E-state index in [9.17, 15) is 19.5 Å². The predicted molar refractivity (Wildman–Crippen MR) is 181 cm³/mol. The number of aromatic nitrogens is 1. The second kappa shape index (κ2) is 16.0. The monoisotopic (exact) mass is 664 g/mol. The molecule has 0 radical (unpaired) electrons. The number of hydrogen-bond acceptors (Lipinski definition) is 9. The molecule has 0 saturated carbocycles. The van der Waals surface area contributed by atoms with Crippen LogP contribution in [-0.4, -0.2) is 65.2 Å². The first-order valence-electron chi connectivity index (χ1n) is 16.4. The minimum Gasteiger partial charge on any atom is -0.445 e. The Morgan fingerprint density at radius 2 is 1.67 bits per heavy atom. The second-order valence-electron chi connectivity index (χ2n) is 12.3. The largest absolute Gasteiger partial charge is 0.445 e. The van der Waals surface area contributed by atoms with Crippen LogP contribution in [0.5, 0.6) is 0 Å². The maximum Gasteiger partial charge on any atom is 0.408 e. The molecule has 2 aliphatic heterocycles. The number of anilines is 1. The number of pyridine rings is 1. The van der Waals surface area contributed by atoms with Gasteiger partial charge in [-0.3, -0.25) is 14.6 Å². The van der Waals surface area contributed by atoms with Gasteiger partial charge in [0.15, 0.2) is 6.29 Å². The zero-order valence-corrected chi connectivity index (χ0v) is 27.3. The molecule has 2 N–H and O–H groups in total. The Morgan fingerprint density at radius 3 is 2.39 bits per heavy atom. The highest BCUT2D eigenvalue weighted by atomic mass is 16.7. The van der Waals surface area contributed by atoms with Crippen molar-refractivity contribution < 1.29 is 33.7 Å². The van der Waals surface area contributed by atoms with Crippen molar-refractivity contribution in [3.8, 4) is 0 Å². The summed E-state index contributed by atoms with van der Waals surface area (Å²) in [5, 5.41) is 12.0. The number of imide groups is 1. The summed E-state index contributed by atoms with van der Waals surface area (Å²) in [6.45, 7) is 1.50. The number of carbonyl (C=O) groups excluding carboxylic acids is 3. The summed E-state index contributed by atoms with van der Waals surface area (Å²) in [6, 6.07) is 28.7. The number of ether oxygens (including phenoxy) is 3. The summed E-state index contributed by atoms with van der Waals surface area (Å²) in [7, 11) is 2.06. The van der Waals surface area contributed by atoms with Crippen LogP contribution in [0, 0.1) is 0 Å². The minimum absolute atomic E-state index is 0.0369. The number of nitrogens with zero attached hydrogens (tertiary/aromatic N) is 3.